The molecule has 2 aliphatic rings. The first-order chi connectivity index (χ1) is 7.79. The molecule has 1 aliphatic carbocycles. The maximum absolute atomic E-state index is 5.29. The van der Waals surface area contributed by atoms with E-state index in [-0.39, 0.29) is 0 Å². The van der Waals surface area contributed by atoms with E-state index in [0.717, 1.165) is 18.6 Å². The average molecular weight is 226 g/mol. The van der Waals surface area contributed by atoms with Crippen molar-refractivity contribution in [3.05, 3.63) is 0 Å². The van der Waals surface area contributed by atoms with Crippen molar-refractivity contribution in [2.24, 2.45) is 5.92 Å². The Balaban J connectivity index is 1.79. The van der Waals surface area contributed by atoms with Crippen LogP contribution < -0.4 is 5.32 Å². The molecule has 1 N–H and O–H groups in total. The summed E-state index contributed by atoms with van der Waals surface area (Å²) in [6.07, 6.45) is 5.57. The Morgan fingerprint density at radius 1 is 1.31 bits per heavy atom. The van der Waals surface area contributed by atoms with Gasteiger partial charge in [-0.15, -0.1) is 0 Å². The second-order valence-electron chi connectivity index (χ2n) is 5.49. The molecule has 0 amide bonds. The molecule has 0 aromatic rings. The predicted molar refractivity (Wildman–Crippen MR) is 66.7 cm³/mol. The predicted octanol–water partition coefficient (Wildman–Crippen LogP) is 1.49. The highest BCUT2D eigenvalue weighted by molar-refractivity contribution is 4.84. The van der Waals surface area contributed by atoms with E-state index in [1.165, 1.54) is 45.3 Å². The molecule has 1 saturated carbocycles. The quantitative estimate of drug-likeness (QED) is 0.712. The smallest absolute Gasteiger partial charge is 0.0615 e. The van der Waals surface area contributed by atoms with E-state index < -0.39 is 0 Å². The lowest BCUT2D eigenvalue weighted by Crippen LogP contribution is -2.44. The monoisotopic (exact) mass is 226 g/mol. The number of rotatable bonds is 7. The first kappa shape index (κ1) is 12.3. The first-order valence-electron chi connectivity index (χ1n) is 6.76. The zero-order chi connectivity index (χ0) is 11.4. The largest absolute Gasteiger partial charge is 0.383 e. The normalized spacial score (nSPS) is 27.6. The summed E-state index contributed by atoms with van der Waals surface area (Å²) in [5, 5.41) is 3.60. The summed E-state index contributed by atoms with van der Waals surface area (Å²) < 4.78 is 5.29. The highest BCUT2D eigenvalue weighted by Gasteiger charge is 2.28. The maximum Gasteiger partial charge on any atom is 0.0615 e. The van der Waals surface area contributed by atoms with E-state index in [9.17, 15) is 0 Å². The number of nitrogens with zero attached hydrogens (tertiary/aromatic N) is 1. The minimum atomic E-state index is 0.563. The summed E-state index contributed by atoms with van der Waals surface area (Å²) in [6, 6.07) is 1.28. The van der Waals surface area contributed by atoms with Crippen molar-refractivity contribution >= 4 is 0 Å². The molecular formula is C13H26N2O. The van der Waals surface area contributed by atoms with Gasteiger partial charge >= 0.3 is 0 Å². The van der Waals surface area contributed by atoms with Gasteiger partial charge in [-0.25, -0.2) is 0 Å². The summed E-state index contributed by atoms with van der Waals surface area (Å²) in [7, 11) is 1.81. The van der Waals surface area contributed by atoms with Gasteiger partial charge in [-0.1, -0.05) is 0 Å². The van der Waals surface area contributed by atoms with Crippen LogP contribution in [0.1, 0.15) is 32.6 Å². The minimum Gasteiger partial charge on any atom is -0.383 e. The lowest BCUT2D eigenvalue weighted by molar-refractivity contribution is 0.0902. The van der Waals surface area contributed by atoms with Crippen molar-refractivity contribution in [1.82, 2.24) is 10.2 Å². The van der Waals surface area contributed by atoms with E-state index in [1.54, 1.807) is 7.11 Å². The Morgan fingerprint density at radius 2 is 2.12 bits per heavy atom. The Bertz CT molecular complexity index is 200. The number of hydrogen-bond donors (Lipinski definition) is 1. The third-order valence-corrected chi connectivity index (χ3v) is 3.84. The van der Waals surface area contributed by atoms with Crippen molar-refractivity contribution in [3.63, 3.8) is 0 Å². The molecular weight excluding hydrogens is 200 g/mol. The van der Waals surface area contributed by atoms with E-state index in [1.807, 2.05) is 0 Å². The zero-order valence-electron chi connectivity index (χ0n) is 10.7. The molecule has 0 aromatic carbocycles. The molecule has 2 unspecified atom stereocenters. The fraction of sp³-hybridized carbons (Fsp3) is 1.00. The molecule has 3 nitrogen and oxygen atoms in total. The molecule has 0 spiro atoms. The summed E-state index contributed by atoms with van der Waals surface area (Å²) in [5.41, 5.74) is 0. The number of ether oxygens (including phenoxy) is 1. The maximum atomic E-state index is 5.29. The lowest BCUT2D eigenvalue weighted by atomic mass is 10.1. The SMILES string of the molecule is COCC(C)N(CC1CC1)CC1CCCN1. The van der Waals surface area contributed by atoms with E-state index >= 15 is 0 Å². The van der Waals surface area contributed by atoms with Gasteiger partial charge in [-0.3, -0.25) is 4.90 Å². The third kappa shape index (κ3) is 3.72. The Kier molecular flexibility index (Phi) is 4.62. The van der Waals surface area contributed by atoms with E-state index in [2.05, 4.69) is 17.1 Å². The van der Waals surface area contributed by atoms with Gasteiger partial charge in [0.15, 0.2) is 0 Å². The standard InChI is InChI=1S/C13H26N2O/c1-11(10-16-2)15(8-12-5-6-12)9-13-4-3-7-14-13/h11-14H,3-10H2,1-2H3. The molecule has 1 aliphatic heterocycles. The van der Waals surface area contributed by atoms with Gasteiger partial charge in [0.25, 0.3) is 0 Å². The van der Waals surface area contributed by atoms with Crippen molar-refractivity contribution in [3.8, 4) is 0 Å². The first-order valence-corrected chi connectivity index (χ1v) is 6.76. The lowest BCUT2D eigenvalue weighted by Gasteiger charge is -2.31. The average Bonchev–Trinajstić information content (AvgIpc) is 2.92. The van der Waals surface area contributed by atoms with Crippen LogP contribution in [0.4, 0.5) is 0 Å². The van der Waals surface area contributed by atoms with Crippen LogP contribution in [0, 0.1) is 5.92 Å². The minimum absolute atomic E-state index is 0.563. The van der Waals surface area contributed by atoms with Crippen LogP contribution in [0.25, 0.3) is 0 Å². The summed E-state index contributed by atoms with van der Waals surface area (Å²) in [5.74, 6) is 0.973. The molecule has 0 radical (unpaired) electrons. The number of hydrogen-bond acceptors (Lipinski definition) is 3. The van der Waals surface area contributed by atoms with Crippen LogP contribution in [-0.2, 0) is 4.74 Å². The molecule has 0 bridgehead atoms. The van der Waals surface area contributed by atoms with Gasteiger partial charge < -0.3 is 10.1 Å². The van der Waals surface area contributed by atoms with Crippen LogP contribution >= 0.6 is 0 Å². The molecule has 0 aromatic heterocycles. The van der Waals surface area contributed by atoms with Crippen LogP contribution in [-0.4, -0.2) is 50.3 Å². The Morgan fingerprint density at radius 3 is 2.69 bits per heavy atom. The highest BCUT2D eigenvalue weighted by atomic mass is 16.5. The fourth-order valence-electron chi connectivity index (χ4n) is 2.61. The van der Waals surface area contributed by atoms with Gasteiger partial charge in [-0.2, -0.15) is 0 Å². The zero-order valence-corrected chi connectivity index (χ0v) is 10.7. The Hall–Kier alpha value is -0.120. The van der Waals surface area contributed by atoms with Crippen molar-refractivity contribution in [2.75, 3.05) is 33.4 Å². The highest BCUT2D eigenvalue weighted by Crippen LogP contribution is 2.30. The fourth-order valence-corrected chi connectivity index (χ4v) is 2.61. The molecule has 2 fully saturated rings. The molecule has 2 atom stereocenters. The van der Waals surface area contributed by atoms with E-state index in [0.29, 0.717) is 6.04 Å². The van der Waals surface area contributed by atoms with Gasteiger partial charge in [0.1, 0.15) is 0 Å². The second kappa shape index (κ2) is 5.99. The van der Waals surface area contributed by atoms with Crippen LogP contribution in [0.5, 0.6) is 0 Å². The molecule has 16 heavy (non-hydrogen) atoms. The summed E-state index contributed by atoms with van der Waals surface area (Å²) >= 11 is 0. The molecule has 1 heterocycles. The van der Waals surface area contributed by atoms with E-state index in [4.69, 9.17) is 4.74 Å². The van der Waals surface area contributed by atoms with Gasteiger partial charge in [0.05, 0.1) is 6.61 Å². The van der Waals surface area contributed by atoms with Gasteiger partial charge in [0.2, 0.25) is 0 Å². The number of nitrogens with one attached hydrogen (secondary N) is 1. The topological polar surface area (TPSA) is 24.5 Å². The van der Waals surface area contributed by atoms with Gasteiger partial charge in [-0.05, 0) is 45.1 Å². The van der Waals surface area contributed by atoms with Crippen LogP contribution in [0.15, 0.2) is 0 Å². The second-order valence-corrected chi connectivity index (χ2v) is 5.49. The molecule has 94 valence electrons. The van der Waals surface area contributed by atoms with Crippen molar-refractivity contribution in [1.29, 1.82) is 0 Å². The third-order valence-electron chi connectivity index (χ3n) is 3.84. The molecule has 2 rings (SSSR count). The summed E-state index contributed by atoms with van der Waals surface area (Å²) in [6.45, 7) is 6.85. The van der Waals surface area contributed by atoms with Gasteiger partial charge in [0, 0.05) is 32.3 Å². The summed E-state index contributed by atoms with van der Waals surface area (Å²) in [4.78, 5) is 2.63. The Labute approximate surface area is 99.5 Å². The van der Waals surface area contributed by atoms with Crippen molar-refractivity contribution in [2.45, 2.75) is 44.7 Å². The molecule has 3 heteroatoms. The van der Waals surface area contributed by atoms with Crippen LogP contribution in [0.3, 0.4) is 0 Å². The van der Waals surface area contributed by atoms with Crippen molar-refractivity contribution < 1.29 is 4.74 Å². The van der Waals surface area contributed by atoms with Crippen LogP contribution in [0.2, 0.25) is 0 Å². The number of methoxy groups -OCH3 is 1. The molecule has 1 saturated heterocycles.